The predicted molar refractivity (Wildman–Crippen MR) is 96.6 cm³/mol. The zero-order valence-electron chi connectivity index (χ0n) is 14.9. The Balaban J connectivity index is 1.35. The van der Waals surface area contributed by atoms with Crippen LogP contribution in [0.1, 0.15) is 70.7 Å². The summed E-state index contributed by atoms with van der Waals surface area (Å²) in [6.45, 7) is 0. The molecule has 5 rings (SSSR count). The van der Waals surface area contributed by atoms with Crippen LogP contribution in [-0.2, 0) is 19.3 Å². The number of nitrogens with one attached hydrogen (secondary N) is 1. The van der Waals surface area contributed by atoms with Gasteiger partial charge in [-0.3, -0.25) is 4.79 Å². The first-order valence-electron chi connectivity index (χ1n) is 9.47. The van der Waals surface area contributed by atoms with Crippen LogP contribution in [0.25, 0.3) is 0 Å². The first kappa shape index (κ1) is 16.2. The van der Waals surface area contributed by atoms with E-state index in [1.54, 1.807) is 0 Å². The molecule has 1 saturated carbocycles. The van der Waals surface area contributed by atoms with Crippen LogP contribution in [0.15, 0.2) is 33.3 Å². The van der Waals surface area contributed by atoms with Crippen molar-refractivity contribution in [2.24, 2.45) is 0 Å². The molecule has 0 bridgehead atoms. The smallest absolute Gasteiger partial charge is 0.278 e. The number of amides is 1. The van der Waals surface area contributed by atoms with Gasteiger partial charge < -0.3 is 14.4 Å². The van der Waals surface area contributed by atoms with E-state index < -0.39 is 0 Å². The standard InChI is InChI=1S/C20H20N4O3/c25-20(18-14-6-2-4-8-16(14)26-23-18)21-15-7-3-1-5-13(15)11-17-22-19(24-27-17)12-9-10-12/h1,3,5,7,12H,2,4,6,8-11H2,(H,21,25). The van der Waals surface area contributed by atoms with Crippen LogP contribution >= 0.6 is 0 Å². The number of aromatic nitrogens is 3. The lowest BCUT2D eigenvalue weighted by atomic mass is 9.96. The number of rotatable bonds is 5. The molecule has 7 nitrogen and oxygen atoms in total. The molecule has 7 heteroatoms. The molecule has 3 aromatic rings. The van der Waals surface area contributed by atoms with Gasteiger partial charge in [0.05, 0.1) is 6.42 Å². The molecule has 2 aromatic heterocycles. The summed E-state index contributed by atoms with van der Waals surface area (Å²) in [4.78, 5) is 17.2. The highest BCUT2D eigenvalue weighted by molar-refractivity contribution is 6.04. The van der Waals surface area contributed by atoms with Gasteiger partial charge in [-0.1, -0.05) is 28.5 Å². The van der Waals surface area contributed by atoms with Gasteiger partial charge in [0.1, 0.15) is 5.76 Å². The topological polar surface area (TPSA) is 94.1 Å². The molecule has 1 fully saturated rings. The average molecular weight is 364 g/mol. The van der Waals surface area contributed by atoms with Crippen LogP contribution in [0.4, 0.5) is 5.69 Å². The summed E-state index contributed by atoms with van der Waals surface area (Å²) in [6.07, 6.45) is 6.58. The number of hydrogen-bond donors (Lipinski definition) is 1. The van der Waals surface area contributed by atoms with Crippen LogP contribution in [0.3, 0.4) is 0 Å². The number of benzene rings is 1. The van der Waals surface area contributed by atoms with Crippen molar-refractivity contribution in [2.75, 3.05) is 5.32 Å². The van der Waals surface area contributed by atoms with E-state index in [0.717, 1.165) is 66.9 Å². The van der Waals surface area contributed by atoms with E-state index in [9.17, 15) is 4.79 Å². The van der Waals surface area contributed by atoms with Crippen molar-refractivity contribution in [3.8, 4) is 0 Å². The molecule has 0 unspecified atom stereocenters. The van der Waals surface area contributed by atoms with Crippen molar-refractivity contribution in [3.05, 3.63) is 58.6 Å². The molecule has 1 N–H and O–H groups in total. The molecule has 1 amide bonds. The fourth-order valence-electron chi connectivity index (χ4n) is 3.55. The minimum atomic E-state index is -0.237. The normalized spacial score (nSPS) is 16.1. The van der Waals surface area contributed by atoms with Gasteiger partial charge in [-0.2, -0.15) is 4.98 Å². The highest BCUT2D eigenvalue weighted by atomic mass is 16.5. The van der Waals surface area contributed by atoms with E-state index >= 15 is 0 Å². The van der Waals surface area contributed by atoms with Gasteiger partial charge in [-0.25, -0.2) is 0 Å². The molecule has 0 spiro atoms. The quantitative estimate of drug-likeness (QED) is 0.742. The molecule has 0 saturated heterocycles. The second-order valence-corrected chi connectivity index (χ2v) is 7.25. The molecular weight excluding hydrogens is 344 g/mol. The zero-order valence-corrected chi connectivity index (χ0v) is 14.9. The molecule has 1 aromatic carbocycles. The maximum atomic E-state index is 12.8. The summed E-state index contributed by atoms with van der Waals surface area (Å²) in [5.41, 5.74) is 2.99. The van der Waals surface area contributed by atoms with Crippen molar-refractivity contribution in [3.63, 3.8) is 0 Å². The maximum absolute atomic E-state index is 12.8. The SMILES string of the molecule is O=C(Nc1ccccc1Cc1nc(C2CC2)no1)c1noc2c1CCCC2. The lowest BCUT2D eigenvalue weighted by Crippen LogP contribution is -2.16. The highest BCUT2D eigenvalue weighted by Gasteiger charge is 2.29. The third-order valence-electron chi connectivity index (χ3n) is 5.20. The maximum Gasteiger partial charge on any atom is 0.278 e. The average Bonchev–Trinajstić information content (AvgIpc) is 3.28. The van der Waals surface area contributed by atoms with E-state index in [2.05, 4.69) is 20.6 Å². The summed E-state index contributed by atoms with van der Waals surface area (Å²) in [5, 5.41) is 11.0. The Bertz CT molecular complexity index is 987. The number of para-hydroxylation sites is 1. The van der Waals surface area contributed by atoms with Gasteiger partial charge in [-0.15, -0.1) is 0 Å². The fourth-order valence-corrected chi connectivity index (χ4v) is 3.55. The largest absolute Gasteiger partial charge is 0.360 e. The van der Waals surface area contributed by atoms with Gasteiger partial charge in [0.15, 0.2) is 11.5 Å². The first-order valence-corrected chi connectivity index (χ1v) is 9.47. The molecule has 138 valence electrons. The van der Waals surface area contributed by atoms with Gasteiger partial charge in [0.25, 0.3) is 5.91 Å². The zero-order chi connectivity index (χ0) is 18.2. The van der Waals surface area contributed by atoms with Crippen molar-refractivity contribution < 1.29 is 13.8 Å². The minimum absolute atomic E-state index is 0.237. The van der Waals surface area contributed by atoms with Crippen molar-refractivity contribution in [2.45, 2.75) is 50.9 Å². The van der Waals surface area contributed by atoms with Crippen molar-refractivity contribution in [1.29, 1.82) is 0 Å². The van der Waals surface area contributed by atoms with Gasteiger partial charge >= 0.3 is 0 Å². The highest BCUT2D eigenvalue weighted by Crippen LogP contribution is 2.38. The lowest BCUT2D eigenvalue weighted by molar-refractivity contribution is 0.101. The number of fused-ring (bicyclic) bond motifs is 1. The van der Waals surface area contributed by atoms with E-state index in [1.807, 2.05) is 24.3 Å². The second-order valence-electron chi connectivity index (χ2n) is 7.25. The summed E-state index contributed by atoms with van der Waals surface area (Å²) >= 11 is 0. The van der Waals surface area contributed by atoms with Crippen molar-refractivity contribution >= 4 is 11.6 Å². The van der Waals surface area contributed by atoms with E-state index in [4.69, 9.17) is 9.05 Å². The van der Waals surface area contributed by atoms with Crippen LogP contribution in [0.5, 0.6) is 0 Å². The third kappa shape index (κ3) is 3.25. The van der Waals surface area contributed by atoms with Crippen LogP contribution in [0, 0.1) is 0 Å². The molecule has 2 aliphatic carbocycles. The fraction of sp³-hybridized carbons (Fsp3) is 0.400. The number of aryl methyl sites for hydroxylation is 1. The van der Waals surface area contributed by atoms with Gasteiger partial charge in [-0.05, 0) is 43.7 Å². The molecule has 0 aliphatic heterocycles. The van der Waals surface area contributed by atoms with Gasteiger partial charge in [0.2, 0.25) is 5.89 Å². The Morgan fingerprint density at radius 2 is 1.96 bits per heavy atom. The minimum Gasteiger partial charge on any atom is -0.360 e. The summed E-state index contributed by atoms with van der Waals surface area (Å²) in [6, 6.07) is 7.65. The number of carbonyl (C=O) groups is 1. The Hall–Kier alpha value is -2.96. The molecule has 2 heterocycles. The molecule has 0 atom stereocenters. The molecule has 0 radical (unpaired) electrons. The van der Waals surface area contributed by atoms with Crippen LogP contribution < -0.4 is 5.32 Å². The molecule has 27 heavy (non-hydrogen) atoms. The van der Waals surface area contributed by atoms with Crippen LogP contribution in [-0.4, -0.2) is 21.2 Å². The Morgan fingerprint density at radius 1 is 1.11 bits per heavy atom. The first-order chi connectivity index (χ1) is 13.3. The van der Waals surface area contributed by atoms with Crippen molar-refractivity contribution in [1.82, 2.24) is 15.3 Å². The molecule has 2 aliphatic rings. The predicted octanol–water partition coefficient (Wildman–Crippen LogP) is 3.66. The molecular formula is C20H20N4O3. The monoisotopic (exact) mass is 364 g/mol. The number of carbonyl (C=O) groups excluding carboxylic acids is 1. The van der Waals surface area contributed by atoms with E-state index in [-0.39, 0.29) is 5.91 Å². The Morgan fingerprint density at radius 3 is 2.85 bits per heavy atom. The summed E-state index contributed by atoms with van der Waals surface area (Å²) in [5.74, 6) is 2.42. The number of anilines is 1. The Labute approximate surface area is 156 Å². The van der Waals surface area contributed by atoms with E-state index in [1.165, 1.54) is 0 Å². The Kier molecular flexibility index (Phi) is 3.99. The van der Waals surface area contributed by atoms with Crippen LogP contribution in [0.2, 0.25) is 0 Å². The third-order valence-corrected chi connectivity index (χ3v) is 5.20. The number of hydrogen-bond acceptors (Lipinski definition) is 6. The summed E-state index contributed by atoms with van der Waals surface area (Å²) in [7, 11) is 0. The summed E-state index contributed by atoms with van der Waals surface area (Å²) < 4.78 is 10.7. The van der Waals surface area contributed by atoms with E-state index in [0.29, 0.717) is 23.9 Å². The number of nitrogens with zero attached hydrogens (tertiary/aromatic N) is 3. The van der Waals surface area contributed by atoms with Gasteiger partial charge in [0, 0.05) is 23.6 Å². The lowest BCUT2D eigenvalue weighted by Gasteiger charge is -2.11. The second kappa shape index (κ2) is 6.64.